The van der Waals surface area contributed by atoms with Crippen LogP contribution >= 0.6 is 0 Å². The molecule has 0 saturated carbocycles. The van der Waals surface area contributed by atoms with Crippen molar-refractivity contribution < 1.29 is 5.11 Å². The van der Waals surface area contributed by atoms with Crippen LogP contribution < -0.4 is 5.32 Å². The fourth-order valence-electron chi connectivity index (χ4n) is 2.22. The molecule has 2 heterocycles. The number of hydrogen-bond donors (Lipinski definition) is 2. The highest BCUT2D eigenvalue weighted by Gasteiger charge is 2.11. The predicted molar refractivity (Wildman–Crippen MR) is 81.3 cm³/mol. The first-order valence-corrected chi connectivity index (χ1v) is 7.38. The molecule has 5 nitrogen and oxygen atoms in total. The Balaban J connectivity index is 2.20. The van der Waals surface area contributed by atoms with E-state index in [1.807, 2.05) is 11.4 Å². The first-order valence-electron chi connectivity index (χ1n) is 7.38. The van der Waals surface area contributed by atoms with Gasteiger partial charge in [-0.3, -0.25) is 0 Å². The smallest absolute Gasteiger partial charge is 0.160 e. The van der Waals surface area contributed by atoms with Crippen LogP contribution in [0.25, 0.3) is 5.65 Å². The second kappa shape index (κ2) is 6.70. The summed E-state index contributed by atoms with van der Waals surface area (Å²) in [6.45, 7) is 7.36. The molecule has 0 aliphatic rings. The highest BCUT2D eigenvalue weighted by molar-refractivity contribution is 5.56. The van der Waals surface area contributed by atoms with Gasteiger partial charge in [0.1, 0.15) is 5.82 Å². The number of fused-ring (bicyclic) bond motifs is 1. The number of nitrogens with zero attached hydrogens (tertiary/aromatic N) is 3. The van der Waals surface area contributed by atoms with E-state index in [2.05, 4.69) is 35.3 Å². The lowest BCUT2D eigenvalue weighted by Crippen LogP contribution is -2.09. The van der Waals surface area contributed by atoms with Gasteiger partial charge in [-0.1, -0.05) is 6.92 Å². The molecule has 0 saturated heterocycles. The quantitative estimate of drug-likeness (QED) is 0.763. The Morgan fingerprint density at radius 2 is 2.05 bits per heavy atom. The minimum Gasteiger partial charge on any atom is -0.396 e. The van der Waals surface area contributed by atoms with Crippen LogP contribution in [-0.2, 0) is 6.42 Å². The van der Waals surface area contributed by atoms with E-state index in [1.54, 1.807) is 0 Å². The third kappa shape index (κ3) is 3.10. The van der Waals surface area contributed by atoms with Crippen molar-refractivity contribution >= 4 is 11.5 Å². The molecule has 0 fully saturated rings. The topological polar surface area (TPSA) is 62.5 Å². The molecule has 0 radical (unpaired) electrons. The normalized spacial score (nSPS) is 11.2. The zero-order valence-corrected chi connectivity index (χ0v) is 12.6. The molecule has 0 bridgehead atoms. The molecule has 0 atom stereocenters. The summed E-state index contributed by atoms with van der Waals surface area (Å²) in [4.78, 5) is 4.66. The van der Waals surface area contributed by atoms with Gasteiger partial charge in [0.05, 0.1) is 5.69 Å². The maximum Gasteiger partial charge on any atom is 0.160 e. The fraction of sp³-hybridized carbons (Fsp3) is 0.600. The van der Waals surface area contributed by atoms with Gasteiger partial charge in [-0.15, -0.1) is 0 Å². The van der Waals surface area contributed by atoms with E-state index in [9.17, 15) is 0 Å². The highest BCUT2D eigenvalue weighted by atomic mass is 16.2. The number of aliphatic hydroxyl groups excluding tert-OH is 1. The van der Waals surface area contributed by atoms with Crippen molar-refractivity contribution in [3.63, 3.8) is 0 Å². The molecule has 110 valence electrons. The predicted octanol–water partition coefficient (Wildman–Crippen LogP) is 2.48. The third-order valence-corrected chi connectivity index (χ3v) is 3.61. The lowest BCUT2D eigenvalue weighted by atomic mass is 10.2. The van der Waals surface area contributed by atoms with Gasteiger partial charge in [0.25, 0.3) is 0 Å². The summed E-state index contributed by atoms with van der Waals surface area (Å²) in [6.07, 6.45) is 3.87. The summed E-state index contributed by atoms with van der Waals surface area (Å²) < 4.78 is 1.90. The largest absolute Gasteiger partial charge is 0.396 e. The van der Waals surface area contributed by atoms with Crippen molar-refractivity contribution in [1.29, 1.82) is 0 Å². The molecule has 0 aliphatic carbocycles. The molecule has 5 heteroatoms. The van der Waals surface area contributed by atoms with Crippen LogP contribution in [0, 0.1) is 13.8 Å². The Bertz CT molecular complexity index is 577. The molecule has 0 amide bonds. The van der Waals surface area contributed by atoms with E-state index in [-0.39, 0.29) is 6.61 Å². The maximum atomic E-state index is 8.78. The second-order valence-electron chi connectivity index (χ2n) is 5.14. The number of rotatable bonds is 7. The van der Waals surface area contributed by atoms with Crippen molar-refractivity contribution in [1.82, 2.24) is 14.6 Å². The summed E-state index contributed by atoms with van der Waals surface area (Å²) in [6, 6.07) is 2.07. The number of hydrogen-bond acceptors (Lipinski definition) is 4. The lowest BCUT2D eigenvalue weighted by Gasteiger charge is -2.10. The van der Waals surface area contributed by atoms with Crippen LogP contribution in [0.2, 0.25) is 0 Å². The Morgan fingerprint density at radius 3 is 2.75 bits per heavy atom. The fourth-order valence-corrected chi connectivity index (χ4v) is 2.22. The summed E-state index contributed by atoms with van der Waals surface area (Å²) in [5.74, 6) is 1.01. The molecule has 0 aliphatic heterocycles. The number of aliphatic hydroxyl groups is 1. The van der Waals surface area contributed by atoms with E-state index in [1.165, 1.54) is 0 Å². The zero-order chi connectivity index (χ0) is 14.5. The number of nitrogens with one attached hydrogen (secondary N) is 1. The molecule has 2 rings (SSSR count). The first kappa shape index (κ1) is 14.8. The number of aryl methyl sites for hydroxylation is 3. The Kier molecular flexibility index (Phi) is 4.95. The Labute approximate surface area is 120 Å². The molecule has 2 aromatic heterocycles. The first-order chi connectivity index (χ1) is 9.67. The van der Waals surface area contributed by atoms with Crippen molar-refractivity contribution in [3.05, 3.63) is 23.0 Å². The van der Waals surface area contributed by atoms with Crippen molar-refractivity contribution in [2.75, 3.05) is 18.5 Å². The molecule has 2 N–H and O–H groups in total. The molecule has 0 unspecified atom stereocenters. The number of unbranched alkanes of at least 4 members (excludes halogenated alkanes) is 2. The van der Waals surface area contributed by atoms with Crippen molar-refractivity contribution in [2.45, 2.75) is 46.5 Å². The van der Waals surface area contributed by atoms with Gasteiger partial charge in [0.15, 0.2) is 5.65 Å². The zero-order valence-electron chi connectivity index (χ0n) is 12.6. The minimum absolute atomic E-state index is 0.275. The van der Waals surface area contributed by atoms with Crippen LogP contribution in [-0.4, -0.2) is 32.9 Å². The average Bonchev–Trinajstić information content (AvgIpc) is 2.74. The lowest BCUT2D eigenvalue weighted by molar-refractivity contribution is 0.283. The molecular formula is C15H24N4O. The van der Waals surface area contributed by atoms with Crippen LogP contribution in [0.5, 0.6) is 0 Å². The maximum absolute atomic E-state index is 8.78. The number of anilines is 1. The van der Waals surface area contributed by atoms with Gasteiger partial charge < -0.3 is 10.4 Å². The van der Waals surface area contributed by atoms with E-state index >= 15 is 0 Å². The SMILES string of the molecule is CCc1cc(NCCCCCO)n2nc(C)c(C)c2n1. The summed E-state index contributed by atoms with van der Waals surface area (Å²) in [5.41, 5.74) is 4.19. The highest BCUT2D eigenvalue weighted by Crippen LogP contribution is 2.18. The van der Waals surface area contributed by atoms with Crippen LogP contribution in [0.15, 0.2) is 6.07 Å². The van der Waals surface area contributed by atoms with Crippen LogP contribution in [0.1, 0.15) is 43.1 Å². The molecule has 2 aromatic rings. The molecule has 20 heavy (non-hydrogen) atoms. The summed E-state index contributed by atoms with van der Waals surface area (Å²) >= 11 is 0. The van der Waals surface area contributed by atoms with Crippen molar-refractivity contribution in [3.8, 4) is 0 Å². The van der Waals surface area contributed by atoms with Gasteiger partial charge in [-0.2, -0.15) is 9.61 Å². The minimum atomic E-state index is 0.275. The van der Waals surface area contributed by atoms with Gasteiger partial charge >= 0.3 is 0 Å². The van der Waals surface area contributed by atoms with Crippen LogP contribution in [0.3, 0.4) is 0 Å². The molecular weight excluding hydrogens is 252 g/mol. The monoisotopic (exact) mass is 276 g/mol. The van der Waals surface area contributed by atoms with Gasteiger partial charge in [0.2, 0.25) is 0 Å². The van der Waals surface area contributed by atoms with E-state index < -0.39 is 0 Å². The summed E-state index contributed by atoms with van der Waals surface area (Å²) in [5, 5.41) is 16.8. The second-order valence-corrected chi connectivity index (χ2v) is 5.14. The van der Waals surface area contributed by atoms with Gasteiger partial charge in [-0.25, -0.2) is 4.98 Å². The standard InChI is InChI=1S/C15H24N4O/c1-4-13-10-14(16-8-6-5-7-9-20)19-15(17-13)11(2)12(3)18-19/h10,16,20H,4-9H2,1-3H3. The summed E-state index contributed by atoms with van der Waals surface area (Å²) in [7, 11) is 0. The van der Waals surface area contributed by atoms with E-state index in [0.29, 0.717) is 0 Å². The molecule has 0 aromatic carbocycles. The average molecular weight is 276 g/mol. The van der Waals surface area contributed by atoms with E-state index in [0.717, 1.165) is 60.6 Å². The Hall–Kier alpha value is -1.62. The van der Waals surface area contributed by atoms with Gasteiger partial charge in [-0.05, 0) is 39.5 Å². The van der Waals surface area contributed by atoms with Crippen molar-refractivity contribution in [2.24, 2.45) is 0 Å². The van der Waals surface area contributed by atoms with Gasteiger partial charge in [0, 0.05) is 30.5 Å². The third-order valence-electron chi connectivity index (χ3n) is 3.61. The molecule has 0 spiro atoms. The number of aromatic nitrogens is 3. The van der Waals surface area contributed by atoms with Crippen LogP contribution in [0.4, 0.5) is 5.82 Å². The van der Waals surface area contributed by atoms with E-state index in [4.69, 9.17) is 5.11 Å². The Morgan fingerprint density at radius 1 is 1.25 bits per heavy atom.